The second-order valence-corrected chi connectivity index (χ2v) is 11.8. The normalized spacial score (nSPS) is 21.7. The standard InChI is InChI=1S/C31H42N4O4/c1-19-20(2)35(21(3)36)27-13-10-24(22-14-16-34(17-15-22)30(38)39-31(4,5)6)18-26(27)28(19)33-25-11-8-23(9-12-25)29(37)32-7/h8-13,18-20,22,28,33H,14-17H2,1-7H3,(H,32,37). The van der Waals surface area contributed by atoms with Crippen LogP contribution in [-0.2, 0) is 9.53 Å². The van der Waals surface area contributed by atoms with E-state index in [9.17, 15) is 14.4 Å². The molecule has 39 heavy (non-hydrogen) atoms. The van der Waals surface area contributed by atoms with Crippen LogP contribution in [0.25, 0.3) is 0 Å². The smallest absolute Gasteiger partial charge is 0.410 e. The number of piperidine rings is 1. The maximum atomic E-state index is 12.7. The summed E-state index contributed by atoms with van der Waals surface area (Å²) in [7, 11) is 1.62. The lowest BCUT2D eigenvalue weighted by molar-refractivity contribution is -0.117. The summed E-state index contributed by atoms with van der Waals surface area (Å²) in [5.74, 6) is 0.375. The molecule has 8 heteroatoms. The van der Waals surface area contributed by atoms with E-state index in [0.29, 0.717) is 24.6 Å². The molecule has 0 saturated carbocycles. The van der Waals surface area contributed by atoms with Gasteiger partial charge in [0.15, 0.2) is 0 Å². The lowest BCUT2D eigenvalue weighted by Crippen LogP contribution is -2.48. The molecule has 210 valence electrons. The average Bonchev–Trinajstić information content (AvgIpc) is 2.90. The molecule has 2 aromatic carbocycles. The monoisotopic (exact) mass is 534 g/mol. The van der Waals surface area contributed by atoms with Crippen LogP contribution in [0.1, 0.15) is 87.8 Å². The number of carbonyl (C=O) groups is 3. The summed E-state index contributed by atoms with van der Waals surface area (Å²) in [6.07, 6.45) is 1.47. The molecular weight excluding hydrogens is 492 g/mol. The quantitative estimate of drug-likeness (QED) is 0.525. The summed E-state index contributed by atoms with van der Waals surface area (Å²) in [5, 5.41) is 6.35. The van der Waals surface area contributed by atoms with Crippen LogP contribution in [0, 0.1) is 5.92 Å². The summed E-state index contributed by atoms with van der Waals surface area (Å²) in [4.78, 5) is 40.9. The zero-order chi connectivity index (χ0) is 28.5. The van der Waals surface area contributed by atoms with E-state index in [-0.39, 0.29) is 35.9 Å². The number of amides is 3. The molecule has 0 aromatic heterocycles. The minimum Gasteiger partial charge on any atom is -0.444 e. The number of benzene rings is 2. The van der Waals surface area contributed by atoms with E-state index >= 15 is 0 Å². The molecule has 2 aliphatic rings. The Morgan fingerprint density at radius 1 is 0.974 bits per heavy atom. The van der Waals surface area contributed by atoms with E-state index in [1.54, 1.807) is 18.9 Å². The third-order valence-electron chi connectivity index (χ3n) is 7.99. The topological polar surface area (TPSA) is 91.0 Å². The first-order valence-electron chi connectivity index (χ1n) is 13.9. The minimum absolute atomic E-state index is 0.0144. The average molecular weight is 535 g/mol. The Labute approximate surface area is 232 Å². The van der Waals surface area contributed by atoms with E-state index in [0.717, 1.165) is 29.8 Å². The zero-order valence-corrected chi connectivity index (χ0v) is 24.2. The van der Waals surface area contributed by atoms with Crippen LogP contribution in [0.15, 0.2) is 42.5 Å². The van der Waals surface area contributed by atoms with Gasteiger partial charge in [0.25, 0.3) is 5.91 Å². The summed E-state index contributed by atoms with van der Waals surface area (Å²) in [6.45, 7) is 12.9. The molecule has 3 amide bonds. The number of hydrogen-bond donors (Lipinski definition) is 2. The number of rotatable bonds is 4. The largest absolute Gasteiger partial charge is 0.444 e. The fourth-order valence-electron chi connectivity index (χ4n) is 5.74. The zero-order valence-electron chi connectivity index (χ0n) is 24.2. The number of hydrogen-bond acceptors (Lipinski definition) is 5. The number of anilines is 2. The van der Waals surface area contributed by atoms with Crippen molar-refractivity contribution in [1.82, 2.24) is 10.2 Å². The number of fused-ring (bicyclic) bond motifs is 1. The molecule has 3 unspecified atom stereocenters. The fraction of sp³-hybridized carbons (Fsp3) is 0.516. The highest BCUT2D eigenvalue weighted by molar-refractivity contribution is 5.95. The Morgan fingerprint density at radius 2 is 1.62 bits per heavy atom. The van der Waals surface area contributed by atoms with Gasteiger partial charge in [0.05, 0.1) is 6.04 Å². The molecule has 2 heterocycles. The van der Waals surface area contributed by atoms with Gasteiger partial charge in [0.1, 0.15) is 5.60 Å². The van der Waals surface area contributed by atoms with Gasteiger partial charge in [-0.1, -0.05) is 19.1 Å². The number of carbonyl (C=O) groups excluding carboxylic acids is 3. The summed E-state index contributed by atoms with van der Waals surface area (Å²) >= 11 is 0. The van der Waals surface area contributed by atoms with E-state index < -0.39 is 5.60 Å². The van der Waals surface area contributed by atoms with Gasteiger partial charge in [-0.15, -0.1) is 0 Å². The first kappa shape index (κ1) is 28.5. The molecule has 3 atom stereocenters. The van der Waals surface area contributed by atoms with Crippen molar-refractivity contribution in [3.05, 3.63) is 59.2 Å². The maximum Gasteiger partial charge on any atom is 0.410 e. The Kier molecular flexibility index (Phi) is 8.23. The van der Waals surface area contributed by atoms with Gasteiger partial charge in [-0.3, -0.25) is 9.59 Å². The number of likely N-dealkylation sites (tertiary alicyclic amines) is 1. The first-order valence-corrected chi connectivity index (χ1v) is 13.9. The summed E-state index contributed by atoms with van der Waals surface area (Å²) in [6, 6.07) is 13.9. The van der Waals surface area contributed by atoms with E-state index in [4.69, 9.17) is 4.74 Å². The van der Waals surface area contributed by atoms with E-state index in [2.05, 4.69) is 42.7 Å². The van der Waals surface area contributed by atoms with Crippen molar-refractivity contribution in [2.45, 2.75) is 78.0 Å². The van der Waals surface area contributed by atoms with Crippen molar-refractivity contribution >= 4 is 29.3 Å². The Morgan fingerprint density at radius 3 is 2.18 bits per heavy atom. The number of nitrogens with zero attached hydrogens (tertiary/aromatic N) is 2. The van der Waals surface area contributed by atoms with Crippen LogP contribution in [0.5, 0.6) is 0 Å². The molecule has 2 aliphatic heterocycles. The molecule has 0 radical (unpaired) electrons. The van der Waals surface area contributed by atoms with Gasteiger partial charge in [-0.2, -0.15) is 0 Å². The van der Waals surface area contributed by atoms with Crippen molar-refractivity contribution in [2.24, 2.45) is 5.92 Å². The maximum absolute atomic E-state index is 12.7. The van der Waals surface area contributed by atoms with Gasteiger partial charge >= 0.3 is 6.09 Å². The van der Waals surface area contributed by atoms with Crippen molar-refractivity contribution in [3.8, 4) is 0 Å². The van der Waals surface area contributed by atoms with Crippen LogP contribution in [-0.4, -0.2) is 54.6 Å². The predicted octanol–water partition coefficient (Wildman–Crippen LogP) is 5.71. The minimum atomic E-state index is -0.506. The second kappa shape index (κ2) is 11.3. The van der Waals surface area contributed by atoms with Gasteiger partial charge in [-0.25, -0.2) is 4.79 Å². The second-order valence-electron chi connectivity index (χ2n) is 11.8. The molecule has 0 spiro atoms. The van der Waals surface area contributed by atoms with Crippen LogP contribution >= 0.6 is 0 Å². The first-order chi connectivity index (χ1) is 18.4. The lowest BCUT2D eigenvalue weighted by Gasteiger charge is -2.44. The highest BCUT2D eigenvalue weighted by Gasteiger charge is 2.39. The highest BCUT2D eigenvalue weighted by atomic mass is 16.6. The van der Waals surface area contributed by atoms with Crippen LogP contribution < -0.4 is 15.5 Å². The molecule has 0 bridgehead atoms. The molecule has 4 rings (SSSR count). The summed E-state index contributed by atoms with van der Waals surface area (Å²) in [5.41, 5.74) is 4.28. The van der Waals surface area contributed by atoms with Crippen molar-refractivity contribution in [1.29, 1.82) is 0 Å². The molecule has 8 nitrogen and oxygen atoms in total. The Hall–Kier alpha value is -3.55. The van der Waals surface area contributed by atoms with E-state index in [1.165, 1.54) is 5.56 Å². The van der Waals surface area contributed by atoms with Crippen LogP contribution in [0.4, 0.5) is 16.2 Å². The van der Waals surface area contributed by atoms with Crippen LogP contribution in [0.3, 0.4) is 0 Å². The van der Waals surface area contributed by atoms with Gasteiger partial charge in [-0.05, 0) is 87.9 Å². The van der Waals surface area contributed by atoms with Gasteiger partial charge in [0, 0.05) is 56.0 Å². The van der Waals surface area contributed by atoms with Crippen molar-refractivity contribution < 1.29 is 19.1 Å². The lowest BCUT2D eigenvalue weighted by atomic mass is 9.80. The molecule has 2 N–H and O–H groups in total. The molecule has 0 aliphatic carbocycles. The van der Waals surface area contributed by atoms with E-state index in [1.807, 2.05) is 49.9 Å². The number of ether oxygens (including phenoxy) is 1. The Bertz CT molecular complexity index is 1210. The molecule has 1 fully saturated rings. The van der Waals surface area contributed by atoms with Crippen molar-refractivity contribution in [2.75, 3.05) is 30.4 Å². The van der Waals surface area contributed by atoms with Gasteiger partial charge in [0.2, 0.25) is 5.91 Å². The van der Waals surface area contributed by atoms with Crippen LogP contribution in [0.2, 0.25) is 0 Å². The van der Waals surface area contributed by atoms with Gasteiger partial charge < -0.3 is 25.2 Å². The third kappa shape index (κ3) is 6.21. The third-order valence-corrected chi connectivity index (χ3v) is 7.99. The van der Waals surface area contributed by atoms with Crippen molar-refractivity contribution in [3.63, 3.8) is 0 Å². The summed E-state index contributed by atoms with van der Waals surface area (Å²) < 4.78 is 5.57. The molecular formula is C31H42N4O4. The fourth-order valence-corrected chi connectivity index (χ4v) is 5.74. The number of nitrogens with one attached hydrogen (secondary N) is 2. The highest BCUT2D eigenvalue weighted by Crippen LogP contribution is 2.44. The molecule has 1 saturated heterocycles. The SMILES string of the molecule is CNC(=O)c1ccc(NC2c3cc(C4CCN(C(=O)OC(C)(C)C)CC4)ccc3N(C(C)=O)C(C)C2C)cc1. The molecule has 2 aromatic rings. The Balaban J connectivity index is 1.59. The predicted molar refractivity (Wildman–Crippen MR) is 154 cm³/mol.